The van der Waals surface area contributed by atoms with Gasteiger partial charge >= 0.3 is 0 Å². The first-order chi connectivity index (χ1) is 9.16. The number of benzene rings is 1. The minimum Gasteiger partial charge on any atom is -0.490 e. The summed E-state index contributed by atoms with van der Waals surface area (Å²) < 4.78 is 11.2. The molecule has 1 aromatic carbocycles. The maximum absolute atomic E-state index is 10.7. The van der Waals surface area contributed by atoms with Gasteiger partial charge in [-0.25, -0.2) is 0 Å². The summed E-state index contributed by atoms with van der Waals surface area (Å²) in [5, 5.41) is 0. The first kappa shape index (κ1) is 13.7. The Morgan fingerprint density at radius 2 is 2.00 bits per heavy atom. The van der Waals surface area contributed by atoms with Crippen LogP contribution in [0.4, 0.5) is 0 Å². The summed E-state index contributed by atoms with van der Waals surface area (Å²) in [6.45, 7) is 1.34. The zero-order valence-electron chi connectivity index (χ0n) is 10.9. The minimum atomic E-state index is -0.286. The molecule has 0 radical (unpaired) electrons. The highest BCUT2D eigenvalue weighted by atomic mass is 16.5. The highest BCUT2D eigenvalue weighted by Gasteiger charge is 2.14. The van der Waals surface area contributed by atoms with Crippen LogP contribution in [0.15, 0.2) is 18.2 Å². The maximum Gasteiger partial charge on any atom is 0.217 e. The van der Waals surface area contributed by atoms with Crippen molar-refractivity contribution in [2.45, 2.75) is 31.7 Å². The molecule has 0 fully saturated rings. The Bertz CT molecular complexity index is 448. The number of amides is 1. The fraction of sp³-hybridized carbons (Fsp3) is 0.500. The van der Waals surface area contributed by atoms with Crippen molar-refractivity contribution in [3.05, 3.63) is 23.8 Å². The third kappa shape index (κ3) is 3.86. The number of carbonyl (C=O) groups is 1. The molecule has 1 unspecified atom stereocenters. The van der Waals surface area contributed by atoms with Crippen molar-refractivity contribution < 1.29 is 14.3 Å². The fourth-order valence-electron chi connectivity index (χ4n) is 2.07. The average Bonchev–Trinajstić information content (AvgIpc) is 2.62. The Hall–Kier alpha value is -1.75. The van der Waals surface area contributed by atoms with Crippen LogP contribution in [-0.4, -0.2) is 19.1 Å². The van der Waals surface area contributed by atoms with Crippen LogP contribution in [0.2, 0.25) is 0 Å². The number of primary amides is 1. The van der Waals surface area contributed by atoms with Crippen LogP contribution in [0.25, 0.3) is 0 Å². The lowest BCUT2D eigenvalue weighted by atomic mass is 10.0. The standard InChI is InChI=1S/C14H20N2O3/c15-11(3-1-4-14(16)17)10-5-6-12-13(9-10)19-8-2-7-18-12/h5-6,9,11H,1-4,7-8,15H2,(H2,16,17). The van der Waals surface area contributed by atoms with E-state index in [1.54, 1.807) is 0 Å². The SMILES string of the molecule is NC(=O)CCCC(N)c1ccc2c(c1)OCCCO2. The van der Waals surface area contributed by atoms with Crippen LogP contribution >= 0.6 is 0 Å². The number of hydrogen-bond donors (Lipinski definition) is 2. The van der Waals surface area contributed by atoms with Gasteiger partial charge in [0, 0.05) is 18.9 Å². The number of nitrogens with two attached hydrogens (primary N) is 2. The van der Waals surface area contributed by atoms with Gasteiger partial charge in [-0.15, -0.1) is 0 Å². The molecule has 0 saturated heterocycles. The van der Waals surface area contributed by atoms with E-state index in [9.17, 15) is 4.79 Å². The van der Waals surface area contributed by atoms with Gasteiger partial charge in [0.1, 0.15) is 0 Å². The second-order valence-corrected chi connectivity index (χ2v) is 4.72. The molecule has 4 N–H and O–H groups in total. The molecular formula is C14H20N2O3. The second kappa shape index (κ2) is 6.43. The normalized spacial score (nSPS) is 15.6. The van der Waals surface area contributed by atoms with Crippen LogP contribution in [0.5, 0.6) is 11.5 Å². The summed E-state index contributed by atoms with van der Waals surface area (Å²) >= 11 is 0. The van der Waals surface area contributed by atoms with Gasteiger partial charge in [0.15, 0.2) is 11.5 Å². The number of hydrogen-bond acceptors (Lipinski definition) is 4. The van der Waals surface area contributed by atoms with Gasteiger partial charge in [-0.05, 0) is 30.5 Å². The summed E-state index contributed by atoms with van der Waals surface area (Å²) in [6, 6.07) is 5.65. The second-order valence-electron chi connectivity index (χ2n) is 4.72. The highest BCUT2D eigenvalue weighted by molar-refractivity contribution is 5.73. The molecule has 104 valence electrons. The van der Waals surface area contributed by atoms with E-state index in [1.807, 2.05) is 18.2 Å². The van der Waals surface area contributed by atoms with Crippen molar-refractivity contribution in [1.29, 1.82) is 0 Å². The quantitative estimate of drug-likeness (QED) is 0.843. The summed E-state index contributed by atoms with van der Waals surface area (Å²) in [6.07, 6.45) is 2.68. The molecule has 1 aromatic rings. The Labute approximate surface area is 112 Å². The molecule has 1 atom stereocenters. The molecule has 1 aliphatic heterocycles. The van der Waals surface area contributed by atoms with E-state index in [-0.39, 0.29) is 11.9 Å². The van der Waals surface area contributed by atoms with Crippen LogP contribution in [0.1, 0.15) is 37.3 Å². The molecule has 0 bridgehead atoms. The Kier molecular flexibility index (Phi) is 4.63. The molecule has 1 amide bonds. The largest absolute Gasteiger partial charge is 0.490 e. The van der Waals surface area contributed by atoms with E-state index in [4.69, 9.17) is 20.9 Å². The average molecular weight is 264 g/mol. The first-order valence-corrected chi connectivity index (χ1v) is 6.60. The molecule has 2 rings (SSSR count). The van der Waals surface area contributed by atoms with Crippen molar-refractivity contribution in [2.75, 3.05) is 13.2 Å². The lowest BCUT2D eigenvalue weighted by Crippen LogP contribution is -2.14. The molecule has 5 nitrogen and oxygen atoms in total. The summed E-state index contributed by atoms with van der Waals surface area (Å²) in [5.41, 5.74) is 12.2. The molecule has 0 spiro atoms. The minimum absolute atomic E-state index is 0.114. The third-order valence-electron chi connectivity index (χ3n) is 3.14. The summed E-state index contributed by atoms with van der Waals surface area (Å²) in [7, 11) is 0. The molecule has 0 saturated carbocycles. The smallest absolute Gasteiger partial charge is 0.217 e. The highest BCUT2D eigenvalue weighted by Crippen LogP contribution is 2.32. The van der Waals surface area contributed by atoms with Gasteiger partial charge in [-0.3, -0.25) is 4.79 Å². The number of fused-ring (bicyclic) bond motifs is 1. The predicted octanol–water partition coefficient (Wildman–Crippen LogP) is 1.50. The molecule has 5 heteroatoms. The maximum atomic E-state index is 10.7. The molecular weight excluding hydrogens is 244 g/mol. The number of carbonyl (C=O) groups excluding carboxylic acids is 1. The van der Waals surface area contributed by atoms with Crippen molar-refractivity contribution in [2.24, 2.45) is 11.5 Å². The predicted molar refractivity (Wildman–Crippen MR) is 72.0 cm³/mol. The van der Waals surface area contributed by atoms with Crippen LogP contribution < -0.4 is 20.9 Å². The van der Waals surface area contributed by atoms with E-state index in [1.165, 1.54) is 0 Å². The topological polar surface area (TPSA) is 87.6 Å². The van der Waals surface area contributed by atoms with Crippen LogP contribution in [0.3, 0.4) is 0 Å². The lowest BCUT2D eigenvalue weighted by Gasteiger charge is -2.14. The van der Waals surface area contributed by atoms with Gasteiger partial charge in [-0.2, -0.15) is 0 Å². The Balaban J connectivity index is 2.00. The molecule has 0 aromatic heterocycles. The van der Waals surface area contributed by atoms with Gasteiger partial charge in [0.2, 0.25) is 5.91 Å². The third-order valence-corrected chi connectivity index (χ3v) is 3.14. The van der Waals surface area contributed by atoms with Gasteiger partial charge in [0.05, 0.1) is 13.2 Å². The van der Waals surface area contributed by atoms with Gasteiger partial charge in [0.25, 0.3) is 0 Å². The van der Waals surface area contributed by atoms with Gasteiger partial charge in [-0.1, -0.05) is 6.07 Å². The zero-order valence-corrected chi connectivity index (χ0v) is 10.9. The van der Waals surface area contributed by atoms with Crippen LogP contribution in [0, 0.1) is 0 Å². The van der Waals surface area contributed by atoms with E-state index < -0.39 is 0 Å². The zero-order chi connectivity index (χ0) is 13.7. The molecule has 1 heterocycles. The monoisotopic (exact) mass is 264 g/mol. The van der Waals surface area contributed by atoms with Crippen LogP contribution in [-0.2, 0) is 4.79 Å². The van der Waals surface area contributed by atoms with E-state index in [0.29, 0.717) is 26.1 Å². The molecule has 1 aliphatic rings. The van der Waals surface area contributed by atoms with E-state index >= 15 is 0 Å². The van der Waals surface area contributed by atoms with Crippen molar-refractivity contribution >= 4 is 5.91 Å². The lowest BCUT2D eigenvalue weighted by molar-refractivity contribution is -0.118. The summed E-state index contributed by atoms with van der Waals surface area (Å²) in [5.74, 6) is 1.23. The van der Waals surface area contributed by atoms with E-state index in [2.05, 4.69) is 0 Å². The fourth-order valence-corrected chi connectivity index (χ4v) is 2.07. The molecule has 0 aliphatic carbocycles. The van der Waals surface area contributed by atoms with E-state index in [0.717, 1.165) is 29.9 Å². The Morgan fingerprint density at radius 3 is 2.74 bits per heavy atom. The molecule has 19 heavy (non-hydrogen) atoms. The van der Waals surface area contributed by atoms with Crippen molar-refractivity contribution in [3.63, 3.8) is 0 Å². The van der Waals surface area contributed by atoms with Crippen molar-refractivity contribution in [1.82, 2.24) is 0 Å². The Morgan fingerprint density at radius 1 is 1.26 bits per heavy atom. The number of rotatable bonds is 5. The number of ether oxygens (including phenoxy) is 2. The summed E-state index contributed by atoms with van der Waals surface area (Å²) in [4.78, 5) is 10.7. The van der Waals surface area contributed by atoms with Gasteiger partial charge < -0.3 is 20.9 Å². The van der Waals surface area contributed by atoms with Crippen molar-refractivity contribution in [3.8, 4) is 11.5 Å². The first-order valence-electron chi connectivity index (χ1n) is 6.60.